The number of carbonyl (C=O) groups excluding carboxylic acids is 2. The molecule has 3 aromatic rings. The maximum absolute atomic E-state index is 13.4. The van der Waals surface area contributed by atoms with Gasteiger partial charge >= 0.3 is 0 Å². The van der Waals surface area contributed by atoms with Gasteiger partial charge in [-0.2, -0.15) is 0 Å². The van der Waals surface area contributed by atoms with Gasteiger partial charge in [0.05, 0.1) is 25.6 Å². The van der Waals surface area contributed by atoms with E-state index in [-0.39, 0.29) is 24.4 Å². The van der Waals surface area contributed by atoms with Gasteiger partial charge in [-0.1, -0.05) is 18.2 Å². The number of hydrogen-bond donors (Lipinski definition) is 0. The van der Waals surface area contributed by atoms with Gasteiger partial charge in [0.1, 0.15) is 6.54 Å². The Morgan fingerprint density at radius 3 is 2.39 bits per heavy atom. The summed E-state index contributed by atoms with van der Waals surface area (Å²) in [6.45, 7) is 1.20. The van der Waals surface area contributed by atoms with Crippen LogP contribution in [-0.2, 0) is 17.8 Å². The number of hydrogen-bond acceptors (Lipinski definition) is 6. The summed E-state index contributed by atoms with van der Waals surface area (Å²) in [5.41, 5.74) is 1.06. The smallest absolute Gasteiger partial charge is 0.264 e. The van der Waals surface area contributed by atoms with Gasteiger partial charge in [0.15, 0.2) is 11.5 Å². The Bertz CT molecular complexity index is 1060. The quantitative estimate of drug-likeness (QED) is 0.396. The molecule has 174 valence electrons. The van der Waals surface area contributed by atoms with Crippen molar-refractivity contribution in [3.8, 4) is 11.5 Å². The molecule has 2 amide bonds. The fourth-order valence-electron chi connectivity index (χ4n) is 3.72. The number of rotatable bonds is 11. The minimum absolute atomic E-state index is 0.0271. The average Bonchev–Trinajstić information content (AvgIpc) is 3.28. The molecular formula is C25H28N2O4S2. The number of carbonyl (C=O) groups is 2. The highest BCUT2D eigenvalue weighted by Crippen LogP contribution is 2.30. The molecule has 33 heavy (non-hydrogen) atoms. The molecule has 8 heteroatoms. The highest BCUT2D eigenvalue weighted by molar-refractivity contribution is 7.12. The number of thiophene rings is 2. The van der Waals surface area contributed by atoms with E-state index in [0.29, 0.717) is 35.9 Å². The second kappa shape index (κ2) is 10.9. The monoisotopic (exact) mass is 484 g/mol. The molecule has 6 nitrogen and oxygen atoms in total. The van der Waals surface area contributed by atoms with E-state index in [1.54, 1.807) is 30.5 Å². The molecule has 0 aliphatic heterocycles. The fourth-order valence-corrected chi connectivity index (χ4v) is 5.12. The lowest BCUT2D eigenvalue weighted by Gasteiger charge is -2.27. The maximum Gasteiger partial charge on any atom is 0.264 e. The molecule has 0 bridgehead atoms. The van der Waals surface area contributed by atoms with Crippen LogP contribution in [0.3, 0.4) is 0 Å². The Kier molecular flexibility index (Phi) is 7.67. The molecule has 0 spiro atoms. The van der Waals surface area contributed by atoms with E-state index >= 15 is 0 Å². The minimum atomic E-state index is -0.0446. The number of benzene rings is 1. The summed E-state index contributed by atoms with van der Waals surface area (Å²) < 4.78 is 10.7. The maximum atomic E-state index is 13.4. The van der Waals surface area contributed by atoms with E-state index in [0.717, 1.165) is 23.3 Å². The fraction of sp³-hybridized carbons (Fsp3) is 0.360. The van der Waals surface area contributed by atoms with Crippen molar-refractivity contribution in [3.05, 3.63) is 68.5 Å². The largest absolute Gasteiger partial charge is 0.493 e. The van der Waals surface area contributed by atoms with E-state index in [1.807, 2.05) is 58.1 Å². The first-order valence-corrected chi connectivity index (χ1v) is 12.7. The van der Waals surface area contributed by atoms with Crippen molar-refractivity contribution >= 4 is 34.5 Å². The van der Waals surface area contributed by atoms with Crippen LogP contribution in [0.1, 0.15) is 33.0 Å². The van der Waals surface area contributed by atoms with Gasteiger partial charge in [-0.25, -0.2) is 0 Å². The first-order chi connectivity index (χ1) is 16.1. The summed E-state index contributed by atoms with van der Waals surface area (Å²) in [4.78, 5) is 31.9. The van der Waals surface area contributed by atoms with Gasteiger partial charge in [0, 0.05) is 17.5 Å². The van der Waals surface area contributed by atoms with Crippen LogP contribution in [0, 0.1) is 0 Å². The van der Waals surface area contributed by atoms with Crippen molar-refractivity contribution in [1.82, 2.24) is 9.80 Å². The zero-order chi connectivity index (χ0) is 23.2. The third-order valence-corrected chi connectivity index (χ3v) is 7.40. The molecule has 4 rings (SSSR count). The van der Waals surface area contributed by atoms with E-state index in [9.17, 15) is 9.59 Å². The summed E-state index contributed by atoms with van der Waals surface area (Å²) in [7, 11) is 3.23. The number of ether oxygens (including phenoxy) is 2. The molecule has 0 saturated heterocycles. The van der Waals surface area contributed by atoms with Crippen molar-refractivity contribution < 1.29 is 19.1 Å². The molecule has 0 unspecified atom stereocenters. The Labute approximate surface area is 202 Å². The Balaban J connectivity index is 1.47. The summed E-state index contributed by atoms with van der Waals surface area (Å²) in [6.07, 6.45) is 2.60. The number of nitrogens with zero attached hydrogens (tertiary/aromatic N) is 2. The summed E-state index contributed by atoms with van der Waals surface area (Å²) in [5, 5.41) is 3.91. The standard InChI is InChI=1S/C25H28N2O4S2/c1-30-21-10-7-18(15-22(21)31-2)11-12-26(16-20-5-3-13-32-20)24(28)17-27(19-8-9-19)25(29)23-6-4-14-33-23/h3-7,10,13-15,19H,8-9,11-12,16-17H2,1-2H3. The Morgan fingerprint density at radius 2 is 1.76 bits per heavy atom. The van der Waals surface area contributed by atoms with Crippen LogP contribution in [0.25, 0.3) is 0 Å². The SMILES string of the molecule is COc1ccc(CCN(Cc2cccs2)C(=O)CN(C(=O)c2cccs2)C2CC2)cc1OC. The van der Waals surface area contributed by atoms with Crippen molar-refractivity contribution in [2.45, 2.75) is 31.8 Å². The summed E-state index contributed by atoms with van der Waals surface area (Å²) >= 11 is 3.06. The molecule has 2 aromatic heterocycles. The van der Waals surface area contributed by atoms with Crippen LogP contribution in [0.4, 0.5) is 0 Å². The van der Waals surface area contributed by atoms with Crippen LogP contribution in [0.15, 0.2) is 53.2 Å². The molecule has 2 heterocycles. The predicted molar refractivity (Wildman–Crippen MR) is 131 cm³/mol. The van der Waals surface area contributed by atoms with Crippen molar-refractivity contribution in [2.24, 2.45) is 0 Å². The van der Waals surface area contributed by atoms with Crippen LogP contribution < -0.4 is 9.47 Å². The molecule has 1 aliphatic carbocycles. The molecule has 1 aromatic carbocycles. The third-order valence-electron chi connectivity index (χ3n) is 5.68. The van der Waals surface area contributed by atoms with Crippen molar-refractivity contribution in [3.63, 3.8) is 0 Å². The van der Waals surface area contributed by atoms with Gasteiger partial charge in [0.25, 0.3) is 5.91 Å². The van der Waals surface area contributed by atoms with E-state index in [2.05, 4.69) is 0 Å². The van der Waals surface area contributed by atoms with E-state index in [1.165, 1.54) is 11.3 Å². The summed E-state index contributed by atoms with van der Waals surface area (Å²) in [6, 6.07) is 13.7. The van der Waals surface area contributed by atoms with Crippen molar-refractivity contribution in [2.75, 3.05) is 27.3 Å². The molecule has 1 fully saturated rings. The lowest BCUT2D eigenvalue weighted by atomic mass is 10.1. The molecule has 0 N–H and O–H groups in total. The van der Waals surface area contributed by atoms with Crippen molar-refractivity contribution in [1.29, 1.82) is 0 Å². The number of methoxy groups -OCH3 is 2. The first-order valence-electron chi connectivity index (χ1n) is 10.9. The number of amides is 2. The van der Waals surface area contributed by atoms with Crippen LogP contribution in [0.5, 0.6) is 11.5 Å². The Morgan fingerprint density at radius 1 is 1.00 bits per heavy atom. The first kappa shape index (κ1) is 23.3. The van der Waals surface area contributed by atoms with E-state index in [4.69, 9.17) is 9.47 Å². The highest BCUT2D eigenvalue weighted by Gasteiger charge is 2.35. The summed E-state index contributed by atoms with van der Waals surface area (Å²) in [5.74, 6) is 1.28. The Hall–Kier alpha value is -2.84. The molecule has 0 atom stereocenters. The minimum Gasteiger partial charge on any atom is -0.493 e. The molecule has 1 saturated carbocycles. The molecular weight excluding hydrogens is 456 g/mol. The van der Waals surface area contributed by atoms with Crippen LogP contribution in [0.2, 0.25) is 0 Å². The topological polar surface area (TPSA) is 59.1 Å². The lowest BCUT2D eigenvalue weighted by molar-refractivity contribution is -0.132. The van der Waals surface area contributed by atoms with Gasteiger partial charge in [-0.05, 0) is 59.9 Å². The van der Waals surface area contributed by atoms with Crippen LogP contribution in [-0.4, -0.2) is 55.0 Å². The van der Waals surface area contributed by atoms with Gasteiger partial charge in [0.2, 0.25) is 5.91 Å². The third kappa shape index (κ3) is 5.94. The van der Waals surface area contributed by atoms with Gasteiger partial charge in [-0.3, -0.25) is 9.59 Å². The highest BCUT2D eigenvalue weighted by atomic mass is 32.1. The second-order valence-electron chi connectivity index (χ2n) is 7.98. The van der Waals surface area contributed by atoms with Crippen LogP contribution >= 0.6 is 22.7 Å². The molecule has 0 radical (unpaired) electrons. The average molecular weight is 485 g/mol. The van der Waals surface area contributed by atoms with Gasteiger partial charge in [-0.15, -0.1) is 22.7 Å². The van der Waals surface area contributed by atoms with Gasteiger partial charge < -0.3 is 19.3 Å². The second-order valence-corrected chi connectivity index (χ2v) is 9.96. The normalized spacial score (nSPS) is 12.9. The molecule has 1 aliphatic rings. The zero-order valence-corrected chi connectivity index (χ0v) is 20.5. The predicted octanol–water partition coefficient (Wildman–Crippen LogP) is 4.70. The zero-order valence-electron chi connectivity index (χ0n) is 18.9. The van der Waals surface area contributed by atoms with E-state index < -0.39 is 0 Å². The lowest BCUT2D eigenvalue weighted by Crippen LogP contribution is -2.44.